The number of aromatic nitrogens is 1. The fourth-order valence-electron chi connectivity index (χ4n) is 3.05. The molecule has 2 N–H and O–H groups in total. The lowest BCUT2D eigenvalue weighted by Gasteiger charge is -2.35. The number of carbonyl (C=O) groups excluding carboxylic acids is 1. The van der Waals surface area contributed by atoms with Gasteiger partial charge in [0, 0.05) is 30.1 Å². The number of amides is 1. The third kappa shape index (κ3) is 5.42. The van der Waals surface area contributed by atoms with Gasteiger partial charge in [0.15, 0.2) is 0 Å². The third-order valence-corrected chi connectivity index (χ3v) is 5.34. The molecule has 1 aliphatic rings. The first-order chi connectivity index (χ1) is 11.2. The Morgan fingerprint density at radius 2 is 2.00 bits per heavy atom. The van der Waals surface area contributed by atoms with Gasteiger partial charge in [0.05, 0.1) is 12.1 Å². The topological polar surface area (TPSA) is 59.2 Å². The summed E-state index contributed by atoms with van der Waals surface area (Å²) >= 11 is 1.60. The number of hydrogen-bond acceptors (Lipinski definition) is 4. The number of halogens is 2. The van der Waals surface area contributed by atoms with Gasteiger partial charge in [0.25, 0.3) is 0 Å². The molecule has 1 unspecified atom stereocenters. The van der Waals surface area contributed by atoms with Crippen LogP contribution >= 0.6 is 36.2 Å². The minimum Gasteiger partial charge on any atom is -0.338 e. The van der Waals surface area contributed by atoms with Crippen molar-refractivity contribution in [2.45, 2.75) is 38.6 Å². The number of benzene rings is 1. The molecule has 1 amide bonds. The van der Waals surface area contributed by atoms with Crippen LogP contribution in [0.25, 0.3) is 10.6 Å². The highest BCUT2D eigenvalue weighted by molar-refractivity contribution is 7.13. The summed E-state index contributed by atoms with van der Waals surface area (Å²) in [6.45, 7) is 3.45. The standard InChI is InChI=1S/C18H23N3OS.2ClH/c1-13-5-7-14(8-6-13)18-20-15(12-23-18)10-17(22)21-9-3-2-4-16(21)11-19;;/h5-8,12,16H,2-4,9-11,19H2,1H3;2*1H. The van der Waals surface area contributed by atoms with Crippen molar-refractivity contribution in [3.8, 4) is 10.6 Å². The van der Waals surface area contributed by atoms with Gasteiger partial charge in [-0.25, -0.2) is 4.98 Å². The van der Waals surface area contributed by atoms with Gasteiger partial charge in [-0.15, -0.1) is 36.2 Å². The van der Waals surface area contributed by atoms with Crippen molar-refractivity contribution in [2.75, 3.05) is 13.1 Å². The molecule has 25 heavy (non-hydrogen) atoms. The molecule has 1 atom stereocenters. The molecule has 2 aromatic rings. The Morgan fingerprint density at radius 3 is 2.68 bits per heavy atom. The highest BCUT2D eigenvalue weighted by Crippen LogP contribution is 2.25. The van der Waals surface area contributed by atoms with Crippen LogP contribution in [0.5, 0.6) is 0 Å². The average Bonchev–Trinajstić information content (AvgIpc) is 3.04. The fourth-order valence-corrected chi connectivity index (χ4v) is 3.87. The molecule has 1 aliphatic heterocycles. The molecule has 0 aliphatic carbocycles. The van der Waals surface area contributed by atoms with Crippen LogP contribution in [0, 0.1) is 6.92 Å². The van der Waals surface area contributed by atoms with E-state index in [9.17, 15) is 4.79 Å². The summed E-state index contributed by atoms with van der Waals surface area (Å²) in [5.74, 6) is 0.154. The van der Waals surface area contributed by atoms with Crippen LogP contribution in [0.2, 0.25) is 0 Å². The first kappa shape index (κ1) is 21.9. The Labute approximate surface area is 165 Å². The van der Waals surface area contributed by atoms with E-state index >= 15 is 0 Å². The van der Waals surface area contributed by atoms with Crippen molar-refractivity contribution < 1.29 is 4.79 Å². The second-order valence-corrected chi connectivity index (χ2v) is 7.02. The van der Waals surface area contributed by atoms with Crippen LogP contribution in [0.4, 0.5) is 0 Å². The molecule has 1 saturated heterocycles. The molecule has 3 rings (SSSR count). The molecule has 4 nitrogen and oxygen atoms in total. The lowest BCUT2D eigenvalue weighted by atomic mass is 10.0. The van der Waals surface area contributed by atoms with Gasteiger partial charge in [-0.05, 0) is 26.2 Å². The largest absolute Gasteiger partial charge is 0.338 e. The third-order valence-electron chi connectivity index (χ3n) is 4.40. The number of likely N-dealkylation sites (tertiary alicyclic amines) is 1. The van der Waals surface area contributed by atoms with E-state index < -0.39 is 0 Å². The summed E-state index contributed by atoms with van der Waals surface area (Å²) in [7, 11) is 0. The monoisotopic (exact) mass is 401 g/mol. The number of piperidine rings is 1. The summed E-state index contributed by atoms with van der Waals surface area (Å²) in [6.07, 6.45) is 3.64. The number of aryl methyl sites for hydroxylation is 1. The van der Waals surface area contributed by atoms with Crippen LogP contribution in [-0.4, -0.2) is 34.9 Å². The maximum Gasteiger partial charge on any atom is 0.228 e. The molecule has 0 radical (unpaired) electrons. The molecular formula is C18H25Cl2N3OS. The Kier molecular flexibility index (Phi) is 8.86. The van der Waals surface area contributed by atoms with Gasteiger partial charge in [-0.3, -0.25) is 4.79 Å². The molecular weight excluding hydrogens is 377 g/mol. The molecule has 7 heteroatoms. The quantitative estimate of drug-likeness (QED) is 0.845. The number of thiazole rings is 1. The van der Waals surface area contributed by atoms with E-state index in [1.54, 1.807) is 11.3 Å². The Hall–Kier alpha value is -1.14. The van der Waals surface area contributed by atoms with E-state index in [0.717, 1.165) is 35.7 Å². The molecule has 1 fully saturated rings. The summed E-state index contributed by atoms with van der Waals surface area (Å²) in [6, 6.07) is 8.53. The van der Waals surface area contributed by atoms with Crippen LogP contribution in [0.15, 0.2) is 29.6 Å². The van der Waals surface area contributed by atoms with Crippen LogP contribution in [0.1, 0.15) is 30.5 Å². The van der Waals surface area contributed by atoms with E-state index in [2.05, 4.69) is 36.2 Å². The van der Waals surface area contributed by atoms with Crippen molar-refractivity contribution in [2.24, 2.45) is 5.73 Å². The molecule has 1 aromatic carbocycles. The predicted molar refractivity (Wildman–Crippen MR) is 109 cm³/mol. The van der Waals surface area contributed by atoms with E-state index in [1.165, 1.54) is 12.0 Å². The van der Waals surface area contributed by atoms with Gasteiger partial charge in [0.1, 0.15) is 5.01 Å². The maximum atomic E-state index is 12.6. The van der Waals surface area contributed by atoms with E-state index in [4.69, 9.17) is 5.73 Å². The maximum absolute atomic E-state index is 12.6. The van der Waals surface area contributed by atoms with Gasteiger partial charge >= 0.3 is 0 Å². The number of nitrogens with zero attached hydrogens (tertiary/aromatic N) is 2. The minimum absolute atomic E-state index is 0. The van der Waals surface area contributed by atoms with Gasteiger partial charge < -0.3 is 10.6 Å². The Bertz CT molecular complexity index is 675. The van der Waals surface area contributed by atoms with Crippen molar-refractivity contribution in [1.29, 1.82) is 0 Å². The highest BCUT2D eigenvalue weighted by atomic mass is 35.5. The van der Waals surface area contributed by atoms with Crippen LogP contribution < -0.4 is 5.73 Å². The fraction of sp³-hybridized carbons (Fsp3) is 0.444. The van der Waals surface area contributed by atoms with Crippen LogP contribution in [0.3, 0.4) is 0 Å². The molecule has 0 spiro atoms. The van der Waals surface area contributed by atoms with E-state index in [-0.39, 0.29) is 36.8 Å². The molecule has 138 valence electrons. The number of rotatable bonds is 4. The molecule has 2 heterocycles. The lowest BCUT2D eigenvalue weighted by molar-refractivity contribution is -0.133. The second-order valence-electron chi connectivity index (χ2n) is 6.16. The van der Waals surface area contributed by atoms with Crippen molar-refractivity contribution in [3.63, 3.8) is 0 Å². The Morgan fingerprint density at radius 1 is 1.28 bits per heavy atom. The number of carbonyl (C=O) groups is 1. The molecule has 0 bridgehead atoms. The van der Waals surface area contributed by atoms with Crippen LogP contribution in [-0.2, 0) is 11.2 Å². The zero-order valence-corrected chi connectivity index (χ0v) is 16.8. The summed E-state index contributed by atoms with van der Waals surface area (Å²) in [4.78, 5) is 19.2. The lowest BCUT2D eigenvalue weighted by Crippen LogP contribution is -2.48. The molecule has 0 saturated carbocycles. The molecule has 1 aromatic heterocycles. The van der Waals surface area contributed by atoms with Gasteiger partial charge in [-0.2, -0.15) is 0 Å². The summed E-state index contributed by atoms with van der Waals surface area (Å²) in [5.41, 5.74) is 9.01. The SMILES string of the molecule is Cc1ccc(-c2nc(CC(=O)N3CCCCC3CN)cs2)cc1.Cl.Cl. The van der Waals surface area contributed by atoms with E-state index in [0.29, 0.717) is 13.0 Å². The highest BCUT2D eigenvalue weighted by Gasteiger charge is 2.25. The first-order valence-corrected chi connectivity index (χ1v) is 9.06. The summed E-state index contributed by atoms with van der Waals surface area (Å²) < 4.78 is 0. The zero-order valence-electron chi connectivity index (χ0n) is 14.3. The summed E-state index contributed by atoms with van der Waals surface area (Å²) in [5, 5.41) is 2.97. The minimum atomic E-state index is 0. The normalized spacial score (nSPS) is 16.7. The van der Waals surface area contributed by atoms with Crippen molar-refractivity contribution in [3.05, 3.63) is 40.9 Å². The number of nitrogens with two attached hydrogens (primary N) is 1. The number of hydrogen-bond donors (Lipinski definition) is 1. The Balaban J connectivity index is 0.00000156. The smallest absolute Gasteiger partial charge is 0.228 e. The average molecular weight is 402 g/mol. The zero-order chi connectivity index (χ0) is 16.2. The predicted octanol–water partition coefficient (Wildman–Crippen LogP) is 3.84. The van der Waals surface area contributed by atoms with E-state index in [1.807, 2.05) is 10.3 Å². The second kappa shape index (κ2) is 10.1. The van der Waals surface area contributed by atoms with Gasteiger partial charge in [-0.1, -0.05) is 29.8 Å². The first-order valence-electron chi connectivity index (χ1n) is 8.18. The van der Waals surface area contributed by atoms with Crippen molar-refractivity contribution in [1.82, 2.24) is 9.88 Å². The van der Waals surface area contributed by atoms with Gasteiger partial charge in [0.2, 0.25) is 5.91 Å². The van der Waals surface area contributed by atoms with Crippen molar-refractivity contribution >= 4 is 42.1 Å².